The Bertz CT molecular complexity index is 414. The van der Waals surface area contributed by atoms with Crippen molar-refractivity contribution in [1.82, 2.24) is 0 Å². The summed E-state index contributed by atoms with van der Waals surface area (Å²) in [4.78, 5) is 0. The molecule has 7 nitrogen and oxygen atoms in total. The van der Waals surface area contributed by atoms with Gasteiger partial charge in [-0.2, -0.15) is 0 Å². The summed E-state index contributed by atoms with van der Waals surface area (Å²) in [6.45, 7) is 6.71. The first-order valence-electron chi connectivity index (χ1n) is 7.25. The Labute approximate surface area is 130 Å². The normalized spacial score (nSPS) is 10.4. The minimum absolute atomic E-state index is 0.263. The van der Waals surface area contributed by atoms with Crippen LogP contribution >= 0.6 is 0 Å². The molecule has 0 aliphatic carbocycles. The first kappa shape index (κ1) is 18.6. The molecule has 0 saturated carbocycles. The van der Waals surface area contributed by atoms with Crippen molar-refractivity contribution in [1.29, 1.82) is 0 Å². The Hall–Kier alpha value is -1.48. The van der Waals surface area contributed by atoms with Gasteiger partial charge >= 0.3 is 7.32 Å². The van der Waals surface area contributed by atoms with Crippen LogP contribution in [-0.2, 0) is 9.47 Å². The summed E-state index contributed by atoms with van der Waals surface area (Å²) in [5.74, 6) is 1.23. The van der Waals surface area contributed by atoms with Crippen molar-refractivity contribution in [2.75, 3.05) is 39.6 Å². The van der Waals surface area contributed by atoms with E-state index in [4.69, 9.17) is 33.6 Å². The Balaban J connectivity index is 2.65. The molecule has 0 atom stereocenters. The fourth-order valence-electron chi connectivity index (χ4n) is 1.63. The van der Waals surface area contributed by atoms with Crippen LogP contribution in [0.4, 0.5) is 0 Å². The summed E-state index contributed by atoms with van der Waals surface area (Å²) in [7, 11) is -1.89. The van der Waals surface area contributed by atoms with Gasteiger partial charge in [-0.3, -0.25) is 0 Å². The average molecular weight is 314 g/mol. The molecule has 0 aliphatic heterocycles. The topological polar surface area (TPSA) is 86.6 Å². The van der Waals surface area contributed by atoms with Gasteiger partial charge in [0.1, 0.15) is 19.0 Å². The highest BCUT2D eigenvalue weighted by Crippen LogP contribution is 2.31. The predicted octanol–water partition coefficient (Wildman–Crippen LogP) is 0.865. The van der Waals surface area contributed by atoms with Crippen LogP contribution in [0, 0.1) is 0 Å². The molecular weight excluding hydrogens is 291 g/mol. The SMILES string of the molecule is CCOCCOc1ccc(OB(O)O)cc1OCCOCC. The zero-order valence-corrected chi connectivity index (χ0v) is 13.0. The lowest BCUT2D eigenvalue weighted by Crippen LogP contribution is -2.20. The van der Waals surface area contributed by atoms with Gasteiger partial charge in [0.2, 0.25) is 0 Å². The number of hydrogen-bond donors (Lipinski definition) is 2. The van der Waals surface area contributed by atoms with Crippen molar-refractivity contribution in [3.63, 3.8) is 0 Å². The van der Waals surface area contributed by atoms with Crippen LogP contribution in [0.15, 0.2) is 18.2 Å². The van der Waals surface area contributed by atoms with Gasteiger partial charge in [0, 0.05) is 19.3 Å². The van der Waals surface area contributed by atoms with Crippen LogP contribution < -0.4 is 14.1 Å². The van der Waals surface area contributed by atoms with Gasteiger partial charge in [0.05, 0.1) is 13.2 Å². The van der Waals surface area contributed by atoms with Crippen LogP contribution in [0.3, 0.4) is 0 Å². The lowest BCUT2D eigenvalue weighted by Gasteiger charge is -2.14. The summed E-state index contributed by atoms with van der Waals surface area (Å²) >= 11 is 0. The van der Waals surface area contributed by atoms with Gasteiger partial charge < -0.3 is 33.6 Å². The largest absolute Gasteiger partial charge is 0.707 e. The molecule has 0 bridgehead atoms. The fraction of sp³-hybridized carbons (Fsp3) is 0.571. The molecule has 0 amide bonds. The molecule has 0 saturated heterocycles. The third-order valence-electron chi connectivity index (χ3n) is 2.54. The van der Waals surface area contributed by atoms with Crippen LogP contribution in [-0.4, -0.2) is 57.0 Å². The zero-order valence-electron chi connectivity index (χ0n) is 13.0. The molecule has 0 heterocycles. The van der Waals surface area contributed by atoms with Crippen LogP contribution in [0.25, 0.3) is 0 Å². The molecular formula is C14H23BO7. The van der Waals surface area contributed by atoms with Crippen molar-refractivity contribution in [2.45, 2.75) is 13.8 Å². The molecule has 0 spiro atoms. The molecule has 22 heavy (non-hydrogen) atoms. The summed E-state index contributed by atoms with van der Waals surface area (Å²) < 4.78 is 26.4. The van der Waals surface area contributed by atoms with E-state index < -0.39 is 7.32 Å². The van der Waals surface area contributed by atoms with Crippen molar-refractivity contribution < 1.29 is 33.6 Å². The number of rotatable bonds is 12. The summed E-state index contributed by atoms with van der Waals surface area (Å²) in [6, 6.07) is 4.73. The van der Waals surface area contributed by atoms with E-state index >= 15 is 0 Å². The molecule has 1 aromatic rings. The van der Waals surface area contributed by atoms with Gasteiger partial charge in [0.25, 0.3) is 0 Å². The monoisotopic (exact) mass is 314 g/mol. The Morgan fingerprint density at radius 2 is 1.45 bits per heavy atom. The van der Waals surface area contributed by atoms with E-state index in [1.54, 1.807) is 12.1 Å². The average Bonchev–Trinajstić information content (AvgIpc) is 2.49. The molecule has 0 aromatic heterocycles. The number of ether oxygens (including phenoxy) is 4. The molecule has 0 aliphatic rings. The van der Waals surface area contributed by atoms with E-state index in [-0.39, 0.29) is 5.75 Å². The highest BCUT2D eigenvalue weighted by atomic mass is 16.6. The fourth-order valence-corrected chi connectivity index (χ4v) is 1.63. The molecule has 124 valence electrons. The first-order valence-corrected chi connectivity index (χ1v) is 7.25. The van der Waals surface area contributed by atoms with Crippen LogP contribution in [0.1, 0.15) is 13.8 Å². The van der Waals surface area contributed by atoms with Gasteiger partial charge in [-0.15, -0.1) is 0 Å². The zero-order chi connectivity index (χ0) is 16.2. The molecule has 0 radical (unpaired) electrons. The van der Waals surface area contributed by atoms with E-state index in [2.05, 4.69) is 0 Å². The van der Waals surface area contributed by atoms with Gasteiger partial charge in [-0.1, -0.05) is 0 Å². The van der Waals surface area contributed by atoms with E-state index in [9.17, 15) is 0 Å². The van der Waals surface area contributed by atoms with Gasteiger partial charge in [-0.25, -0.2) is 0 Å². The van der Waals surface area contributed by atoms with Crippen molar-refractivity contribution >= 4 is 7.32 Å². The molecule has 0 fully saturated rings. The lowest BCUT2D eigenvalue weighted by atomic mass is 10.2. The van der Waals surface area contributed by atoms with Crippen molar-refractivity contribution in [3.05, 3.63) is 18.2 Å². The minimum Gasteiger partial charge on any atom is -0.512 e. The maximum absolute atomic E-state index is 8.84. The molecule has 1 rings (SSSR count). The van der Waals surface area contributed by atoms with Gasteiger partial charge in [-0.05, 0) is 26.0 Å². The maximum atomic E-state index is 8.84. The number of benzene rings is 1. The quantitative estimate of drug-likeness (QED) is 0.437. The van der Waals surface area contributed by atoms with Crippen LogP contribution in [0.2, 0.25) is 0 Å². The standard InChI is InChI=1S/C14H23BO7/c1-3-18-7-9-20-13-6-5-12(22-15(16)17)11-14(13)21-10-8-19-4-2/h5-6,11,16-17H,3-4,7-10H2,1-2H3. The minimum atomic E-state index is -1.89. The molecule has 8 heteroatoms. The highest BCUT2D eigenvalue weighted by Gasteiger charge is 2.14. The maximum Gasteiger partial charge on any atom is 0.707 e. The second kappa shape index (κ2) is 11.1. The van der Waals surface area contributed by atoms with E-state index in [0.29, 0.717) is 51.1 Å². The third kappa shape index (κ3) is 7.51. The van der Waals surface area contributed by atoms with E-state index in [1.165, 1.54) is 6.07 Å². The second-order valence-electron chi connectivity index (χ2n) is 4.14. The lowest BCUT2D eigenvalue weighted by molar-refractivity contribution is 0.0998. The number of hydrogen-bond acceptors (Lipinski definition) is 7. The third-order valence-corrected chi connectivity index (χ3v) is 2.54. The van der Waals surface area contributed by atoms with E-state index in [0.717, 1.165) is 0 Å². The molecule has 0 unspecified atom stereocenters. The summed E-state index contributed by atoms with van der Waals surface area (Å²) in [5, 5.41) is 17.7. The second-order valence-corrected chi connectivity index (χ2v) is 4.14. The predicted molar refractivity (Wildman–Crippen MR) is 81.2 cm³/mol. The summed E-state index contributed by atoms with van der Waals surface area (Å²) in [6.07, 6.45) is 0. The van der Waals surface area contributed by atoms with E-state index in [1.807, 2.05) is 13.8 Å². The molecule has 1 aromatic carbocycles. The van der Waals surface area contributed by atoms with Gasteiger partial charge in [0.15, 0.2) is 11.5 Å². The van der Waals surface area contributed by atoms with Crippen molar-refractivity contribution in [3.8, 4) is 17.2 Å². The Kier molecular flexibility index (Phi) is 9.41. The van der Waals surface area contributed by atoms with Crippen LogP contribution in [0.5, 0.6) is 17.2 Å². The molecule has 2 N–H and O–H groups in total. The smallest absolute Gasteiger partial charge is 0.512 e. The summed E-state index contributed by atoms with van der Waals surface area (Å²) in [5.41, 5.74) is 0. The Morgan fingerprint density at radius 1 is 0.864 bits per heavy atom. The Morgan fingerprint density at radius 3 is 2.00 bits per heavy atom. The first-order chi connectivity index (χ1) is 10.7. The van der Waals surface area contributed by atoms with Crippen molar-refractivity contribution in [2.24, 2.45) is 0 Å². The highest BCUT2D eigenvalue weighted by molar-refractivity contribution is 6.33.